The van der Waals surface area contributed by atoms with Crippen LogP contribution in [-0.4, -0.2) is 54.5 Å². The van der Waals surface area contributed by atoms with Gasteiger partial charge in [0.2, 0.25) is 0 Å². The summed E-state index contributed by atoms with van der Waals surface area (Å²) in [7, 11) is 3.53. The number of piperidine rings is 1. The summed E-state index contributed by atoms with van der Waals surface area (Å²) in [5.74, 6) is 0.471. The number of hydrogen-bond donors (Lipinski definition) is 2. The van der Waals surface area contributed by atoms with Crippen LogP contribution in [0.4, 0.5) is 4.79 Å². The van der Waals surface area contributed by atoms with Crippen LogP contribution in [-0.2, 0) is 0 Å². The van der Waals surface area contributed by atoms with E-state index in [1.165, 1.54) is 7.11 Å². The average molecular weight is 376 g/mol. The fourth-order valence-electron chi connectivity index (χ4n) is 2.77. The summed E-state index contributed by atoms with van der Waals surface area (Å²) < 4.78 is 5.11. The second-order valence-electron chi connectivity index (χ2n) is 6.04. The predicted octanol–water partition coefficient (Wildman–Crippen LogP) is 3.56. The third kappa shape index (κ3) is 4.25. The Morgan fingerprint density at radius 1 is 1.38 bits per heavy atom. The zero-order valence-electron chi connectivity index (χ0n) is 14.1. The SMILES string of the molecule is COc1ccc([C@@H](C)NC(=O)N(O)C2CCN(C)CC2)c(Cl)c1Cl. The molecule has 1 fully saturated rings. The Morgan fingerprint density at radius 2 is 2.00 bits per heavy atom. The molecule has 24 heavy (non-hydrogen) atoms. The summed E-state index contributed by atoms with van der Waals surface area (Å²) in [4.78, 5) is 14.4. The van der Waals surface area contributed by atoms with E-state index in [-0.39, 0.29) is 6.04 Å². The number of rotatable bonds is 4. The molecule has 0 spiro atoms. The van der Waals surface area contributed by atoms with Crippen LogP contribution in [0.25, 0.3) is 0 Å². The average Bonchev–Trinajstić information content (AvgIpc) is 2.57. The van der Waals surface area contributed by atoms with Gasteiger partial charge in [-0.3, -0.25) is 5.21 Å². The Morgan fingerprint density at radius 3 is 2.58 bits per heavy atom. The van der Waals surface area contributed by atoms with Gasteiger partial charge in [0.15, 0.2) is 0 Å². The van der Waals surface area contributed by atoms with Crippen molar-refractivity contribution in [3.63, 3.8) is 0 Å². The number of hydrogen-bond acceptors (Lipinski definition) is 4. The number of halogens is 2. The number of nitrogens with one attached hydrogen (secondary N) is 1. The highest BCUT2D eigenvalue weighted by molar-refractivity contribution is 6.43. The lowest BCUT2D eigenvalue weighted by atomic mass is 10.1. The van der Waals surface area contributed by atoms with Gasteiger partial charge in [-0.05, 0) is 51.5 Å². The summed E-state index contributed by atoms with van der Waals surface area (Å²) in [6.45, 7) is 3.49. The number of nitrogens with zero attached hydrogens (tertiary/aromatic N) is 2. The van der Waals surface area contributed by atoms with E-state index < -0.39 is 12.1 Å². The quantitative estimate of drug-likeness (QED) is 0.623. The first-order valence-electron chi connectivity index (χ1n) is 7.84. The lowest BCUT2D eigenvalue weighted by Crippen LogP contribution is -2.48. The summed E-state index contributed by atoms with van der Waals surface area (Å²) in [5.41, 5.74) is 0.660. The molecule has 0 radical (unpaired) electrons. The Hall–Kier alpha value is -1.21. The lowest BCUT2D eigenvalue weighted by molar-refractivity contribution is -0.0919. The first kappa shape index (κ1) is 19.1. The van der Waals surface area contributed by atoms with Crippen molar-refractivity contribution < 1.29 is 14.7 Å². The van der Waals surface area contributed by atoms with Crippen molar-refractivity contribution in [2.45, 2.75) is 31.8 Å². The van der Waals surface area contributed by atoms with Gasteiger partial charge in [0.05, 0.1) is 24.2 Å². The third-order valence-corrected chi connectivity index (χ3v) is 5.22. The van der Waals surface area contributed by atoms with E-state index >= 15 is 0 Å². The van der Waals surface area contributed by atoms with Crippen molar-refractivity contribution in [3.05, 3.63) is 27.7 Å². The van der Waals surface area contributed by atoms with E-state index in [1.54, 1.807) is 19.1 Å². The number of ether oxygens (including phenoxy) is 1. The molecule has 1 atom stereocenters. The standard InChI is InChI=1S/C16H23Cl2N3O3/c1-10(12-4-5-13(24-3)15(18)14(12)17)19-16(22)21(23)11-6-8-20(2)9-7-11/h4-5,10-11,23H,6-9H2,1-3H3,(H,19,22)/t10-/m1/s1. The Kier molecular flexibility index (Phi) is 6.57. The lowest BCUT2D eigenvalue weighted by Gasteiger charge is -2.33. The zero-order valence-corrected chi connectivity index (χ0v) is 15.6. The van der Waals surface area contributed by atoms with Crippen LogP contribution in [0.1, 0.15) is 31.4 Å². The Bertz CT molecular complexity index is 592. The molecule has 6 nitrogen and oxygen atoms in total. The van der Waals surface area contributed by atoms with Crippen LogP contribution in [0.15, 0.2) is 12.1 Å². The molecule has 0 saturated carbocycles. The maximum absolute atomic E-state index is 12.3. The first-order valence-corrected chi connectivity index (χ1v) is 8.59. The smallest absolute Gasteiger partial charge is 0.341 e. The molecule has 1 aliphatic rings. The normalized spacial score (nSPS) is 17.4. The highest BCUT2D eigenvalue weighted by Crippen LogP contribution is 2.37. The number of carbonyl (C=O) groups excluding carboxylic acids is 1. The number of likely N-dealkylation sites (tertiary alicyclic amines) is 1. The largest absolute Gasteiger partial charge is 0.495 e. The number of amides is 2. The van der Waals surface area contributed by atoms with E-state index in [2.05, 4.69) is 10.2 Å². The van der Waals surface area contributed by atoms with Crippen LogP contribution in [0.5, 0.6) is 5.75 Å². The molecule has 1 aliphatic heterocycles. The predicted molar refractivity (Wildman–Crippen MR) is 94.1 cm³/mol. The molecule has 1 heterocycles. The summed E-state index contributed by atoms with van der Waals surface area (Å²) in [5, 5.41) is 14.3. The van der Waals surface area contributed by atoms with E-state index in [9.17, 15) is 10.0 Å². The molecule has 8 heteroatoms. The van der Waals surface area contributed by atoms with E-state index in [1.807, 2.05) is 7.05 Å². The minimum Gasteiger partial charge on any atom is -0.495 e. The topological polar surface area (TPSA) is 65.0 Å². The van der Waals surface area contributed by atoms with Crippen LogP contribution < -0.4 is 10.1 Å². The van der Waals surface area contributed by atoms with E-state index in [0.29, 0.717) is 21.4 Å². The number of methoxy groups -OCH3 is 1. The summed E-state index contributed by atoms with van der Waals surface area (Å²) in [6, 6.07) is 2.31. The Labute approximate surface area is 152 Å². The van der Waals surface area contributed by atoms with Gasteiger partial charge in [0.1, 0.15) is 10.8 Å². The van der Waals surface area contributed by atoms with Crippen molar-refractivity contribution >= 4 is 29.2 Å². The van der Waals surface area contributed by atoms with Gasteiger partial charge in [-0.1, -0.05) is 29.3 Å². The molecule has 1 aromatic carbocycles. The minimum atomic E-state index is -0.542. The minimum absolute atomic E-state index is 0.177. The van der Waals surface area contributed by atoms with Crippen LogP contribution in [0.3, 0.4) is 0 Å². The fourth-order valence-corrected chi connectivity index (χ4v) is 3.34. The molecule has 0 bridgehead atoms. The number of carbonyl (C=O) groups is 1. The Balaban J connectivity index is 2.02. The highest BCUT2D eigenvalue weighted by atomic mass is 35.5. The molecule has 2 rings (SSSR count). The fraction of sp³-hybridized carbons (Fsp3) is 0.562. The molecule has 2 N–H and O–H groups in total. The maximum Gasteiger partial charge on any atom is 0.341 e. The van der Waals surface area contributed by atoms with Crippen molar-refractivity contribution in [2.24, 2.45) is 0 Å². The number of benzene rings is 1. The van der Waals surface area contributed by atoms with Gasteiger partial charge in [0.25, 0.3) is 0 Å². The van der Waals surface area contributed by atoms with Gasteiger partial charge in [0, 0.05) is 0 Å². The number of hydroxylamine groups is 2. The highest BCUT2D eigenvalue weighted by Gasteiger charge is 2.27. The molecule has 0 aromatic heterocycles. The van der Waals surface area contributed by atoms with E-state index in [4.69, 9.17) is 27.9 Å². The van der Waals surface area contributed by atoms with Crippen molar-refractivity contribution in [2.75, 3.05) is 27.2 Å². The molecule has 134 valence electrons. The van der Waals surface area contributed by atoms with Crippen molar-refractivity contribution in [1.82, 2.24) is 15.3 Å². The van der Waals surface area contributed by atoms with Gasteiger partial charge in [-0.15, -0.1) is 0 Å². The number of urea groups is 1. The van der Waals surface area contributed by atoms with Crippen LogP contribution in [0.2, 0.25) is 10.0 Å². The van der Waals surface area contributed by atoms with Crippen molar-refractivity contribution in [1.29, 1.82) is 0 Å². The van der Waals surface area contributed by atoms with Crippen molar-refractivity contribution in [3.8, 4) is 5.75 Å². The molecule has 0 unspecified atom stereocenters. The third-order valence-electron chi connectivity index (χ3n) is 4.35. The molecule has 1 saturated heterocycles. The van der Waals surface area contributed by atoms with Gasteiger partial charge in [-0.2, -0.15) is 0 Å². The zero-order chi connectivity index (χ0) is 17.9. The molecular weight excluding hydrogens is 353 g/mol. The molecule has 0 aliphatic carbocycles. The van der Waals surface area contributed by atoms with Gasteiger partial charge < -0.3 is 15.0 Å². The second-order valence-corrected chi connectivity index (χ2v) is 6.79. The molecule has 1 aromatic rings. The van der Waals surface area contributed by atoms with Crippen LogP contribution >= 0.6 is 23.2 Å². The van der Waals surface area contributed by atoms with Crippen LogP contribution in [0, 0.1) is 0 Å². The molecule has 2 amide bonds. The maximum atomic E-state index is 12.3. The summed E-state index contributed by atoms with van der Waals surface area (Å²) in [6.07, 6.45) is 1.48. The van der Waals surface area contributed by atoms with Gasteiger partial charge in [-0.25, -0.2) is 9.86 Å². The first-order chi connectivity index (χ1) is 11.3. The second kappa shape index (κ2) is 8.25. The van der Waals surface area contributed by atoms with Gasteiger partial charge >= 0.3 is 6.03 Å². The monoisotopic (exact) mass is 375 g/mol. The molecular formula is C16H23Cl2N3O3. The summed E-state index contributed by atoms with van der Waals surface area (Å²) >= 11 is 12.4. The van der Waals surface area contributed by atoms with E-state index in [0.717, 1.165) is 31.0 Å².